The van der Waals surface area contributed by atoms with Gasteiger partial charge in [-0.15, -0.1) is 11.8 Å². The first-order chi connectivity index (χ1) is 15.5. The van der Waals surface area contributed by atoms with E-state index >= 15 is 0 Å². The molecule has 1 aliphatic heterocycles. The van der Waals surface area contributed by atoms with Crippen LogP contribution in [0.25, 0.3) is 11.1 Å². The van der Waals surface area contributed by atoms with E-state index in [0.29, 0.717) is 29.5 Å². The van der Waals surface area contributed by atoms with Crippen molar-refractivity contribution >= 4 is 21.8 Å². The Kier molecular flexibility index (Phi) is 6.64. The predicted octanol–water partition coefficient (Wildman–Crippen LogP) is 4.82. The van der Waals surface area contributed by atoms with Crippen molar-refractivity contribution < 1.29 is 22.6 Å². The Labute approximate surface area is 193 Å². The lowest BCUT2D eigenvalue weighted by atomic mass is 10.1. The molecule has 1 heterocycles. The summed E-state index contributed by atoms with van der Waals surface area (Å²) < 4.78 is 45.0. The molecule has 0 N–H and O–H groups in total. The van der Waals surface area contributed by atoms with E-state index in [-0.39, 0.29) is 4.90 Å². The molecular weight excluding hydrogens is 446 g/mol. The Hall–Kier alpha value is -2.68. The van der Waals surface area contributed by atoms with E-state index in [1.165, 1.54) is 4.31 Å². The van der Waals surface area contributed by atoms with Crippen LogP contribution in [0.1, 0.15) is 10.9 Å². The molecule has 4 rings (SSSR count). The molecule has 0 saturated carbocycles. The van der Waals surface area contributed by atoms with Gasteiger partial charge in [0.05, 0.1) is 31.6 Å². The number of rotatable bonds is 7. The molecule has 0 aliphatic carbocycles. The van der Waals surface area contributed by atoms with E-state index in [0.717, 1.165) is 16.7 Å². The highest BCUT2D eigenvalue weighted by Crippen LogP contribution is 2.47. The van der Waals surface area contributed by atoms with Gasteiger partial charge >= 0.3 is 0 Å². The highest BCUT2D eigenvalue weighted by Gasteiger charge is 2.38. The molecule has 0 spiro atoms. The molecule has 1 aliphatic rings. The standard InChI is InChI=1S/C24H25NO5S2/c1-28-21-16-23(30-3)22(29-2)15-20(21)24-25(13-14-31-24)32(26,27)19-11-9-18(10-12-19)17-7-5-4-6-8-17/h4-12,15-16,24H,13-14H2,1-3H3/t24-/m1/s1. The van der Waals surface area contributed by atoms with Crippen LogP contribution in [0.5, 0.6) is 17.2 Å². The van der Waals surface area contributed by atoms with Gasteiger partial charge in [-0.3, -0.25) is 0 Å². The van der Waals surface area contributed by atoms with Crippen molar-refractivity contribution in [1.29, 1.82) is 0 Å². The molecule has 1 saturated heterocycles. The molecule has 6 nitrogen and oxygen atoms in total. The first-order valence-corrected chi connectivity index (χ1v) is 12.6. The SMILES string of the molecule is COc1cc(OC)c([C@H]2SCCN2S(=O)(=O)c2ccc(-c3ccccc3)cc2)cc1OC. The maximum atomic E-state index is 13.6. The van der Waals surface area contributed by atoms with Gasteiger partial charge in [0.15, 0.2) is 11.5 Å². The zero-order valence-corrected chi connectivity index (χ0v) is 19.8. The third kappa shape index (κ3) is 4.18. The average molecular weight is 472 g/mol. The number of ether oxygens (including phenoxy) is 3. The predicted molar refractivity (Wildman–Crippen MR) is 127 cm³/mol. The van der Waals surface area contributed by atoms with E-state index in [1.54, 1.807) is 57.4 Å². The maximum Gasteiger partial charge on any atom is 0.244 e. The zero-order valence-electron chi connectivity index (χ0n) is 18.1. The lowest BCUT2D eigenvalue weighted by molar-refractivity contribution is 0.344. The molecule has 3 aromatic carbocycles. The molecule has 0 bridgehead atoms. The molecule has 0 amide bonds. The van der Waals surface area contributed by atoms with Gasteiger partial charge < -0.3 is 14.2 Å². The van der Waals surface area contributed by atoms with Crippen LogP contribution in [0.15, 0.2) is 71.6 Å². The molecule has 3 aromatic rings. The van der Waals surface area contributed by atoms with Gasteiger partial charge in [0, 0.05) is 23.9 Å². The molecule has 8 heteroatoms. The molecule has 0 aromatic heterocycles. The van der Waals surface area contributed by atoms with E-state index in [9.17, 15) is 8.42 Å². The van der Waals surface area contributed by atoms with Crippen LogP contribution < -0.4 is 14.2 Å². The van der Waals surface area contributed by atoms with Gasteiger partial charge in [0.1, 0.15) is 5.75 Å². The minimum absolute atomic E-state index is 0.268. The zero-order chi connectivity index (χ0) is 22.7. The Morgan fingerprint density at radius 2 is 1.41 bits per heavy atom. The Bertz CT molecular complexity index is 1180. The lowest BCUT2D eigenvalue weighted by Gasteiger charge is -2.25. The van der Waals surface area contributed by atoms with Gasteiger partial charge in [0.2, 0.25) is 10.0 Å². The number of nitrogens with zero attached hydrogens (tertiary/aromatic N) is 1. The Morgan fingerprint density at radius 1 is 0.812 bits per heavy atom. The highest BCUT2D eigenvalue weighted by atomic mass is 32.2. The molecule has 168 valence electrons. The fourth-order valence-electron chi connectivity index (χ4n) is 3.78. The van der Waals surface area contributed by atoms with Crippen LogP contribution in [0.4, 0.5) is 0 Å². The summed E-state index contributed by atoms with van der Waals surface area (Å²) in [6.07, 6.45) is 0. The van der Waals surface area contributed by atoms with Crippen molar-refractivity contribution in [1.82, 2.24) is 4.31 Å². The smallest absolute Gasteiger partial charge is 0.244 e. The first-order valence-electron chi connectivity index (χ1n) is 10.1. The van der Waals surface area contributed by atoms with Crippen molar-refractivity contribution in [3.8, 4) is 28.4 Å². The summed E-state index contributed by atoms with van der Waals surface area (Å²) in [5.41, 5.74) is 2.75. The molecule has 32 heavy (non-hydrogen) atoms. The molecule has 0 radical (unpaired) electrons. The van der Waals surface area contributed by atoms with E-state index in [4.69, 9.17) is 14.2 Å². The summed E-state index contributed by atoms with van der Waals surface area (Å²) in [4.78, 5) is 0.268. The van der Waals surface area contributed by atoms with Gasteiger partial charge in [-0.1, -0.05) is 42.5 Å². The number of hydrogen-bond donors (Lipinski definition) is 0. The normalized spacial score (nSPS) is 16.7. The minimum atomic E-state index is -3.71. The van der Waals surface area contributed by atoms with Gasteiger partial charge in [0.25, 0.3) is 0 Å². The number of sulfonamides is 1. The van der Waals surface area contributed by atoms with Crippen LogP contribution >= 0.6 is 11.8 Å². The van der Waals surface area contributed by atoms with Crippen LogP contribution in [0.2, 0.25) is 0 Å². The summed E-state index contributed by atoms with van der Waals surface area (Å²) in [6.45, 7) is 0.412. The summed E-state index contributed by atoms with van der Waals surface area (Å²) in [6, 6.07) is 20.4. The minimum Gasteiger partial charge on any atom is -0.496 e. The fraction of sp³-hybridized carbons (Fsp3) is 0.250. The lowest BCUT2D eigenvalue weighted by Crippen LogP contribution is -2.30. The van der Waals surface area contributed by atoms with Crippen molar-refractivity contribution in [3.05, 3.63) is 72.3 Å². The van der Waals surface area contributed by atoms with Crippen molar-refractivity contribution in [2.24, 2.45) is 0 Å². The van der Waals surface area contributed by atoms with Crippen molar-refractivity contribution in [2.45, 2.75) is 10.3 Å². The molecule has 1 atom stereocenters. The number of hydrogen-bond acceptors (Lipinski definition) is 6. The van der Waals surface area contributed by atoms with Gasteiger partial charge in [-0.05, 0) is 29.3 Å². The summed E-state index contributed by atoms with van der Waals surface area (Å²) in [5.74, 6) is 2.30. The molecule has 0 unspecified atom stereocenters. The molecular formula is C24H25NO5S2. The van der Waals surface area contributed by atoms with Gasteiger partial charge in [-0.25, -0.2) is 8.42 Å². The van der Waals surface area contributed by atoms with Crippen LogP contribution in [-0.2, 0) is 10.0 Å². The Balaban J connectivity index is 1.69. The third-order valence-electron chi connectivity index (χ3n) is 5.42. The van der Waals surface area contributed by atoms with Gasteiger partial charge in [-0.2, -0.15) is 4.31 Å². The third-order valence-corrected chi connectivity index (χ3v) is 8.67. The quantitative estimate of drug-likeness (QED) is 0.493. The van der Waals surface area contributed by atoms with Crippen LogP contribution in [-0.4, -0.2) is 46.4 Å². The molecule has 1 fully saturated rings. The first kappa shape index (κ1) is 22.5. The van der Waals surface area contributed by atoms with E-state index in [2.05, 4.69) is 0 Å². The second-order valence-corrected chi connectivity index (χ2v) is 10.3. The van der Waals surface area contributed by atoms with E-state index in [1.807, 2.05) is 42.5 Å². The van der Waals surface area contributed by atoms with Crippen LogP contribution in [0.3, 0.4) is 0 Å². The number of benzene rings is 3. The van der Waals surface area contributed by atoms with Crippen molar-refractivity contribution in [3.63, 3.8) is 0 Å². The second-order valence-electron chi connectivity index (χ2n) is 7.18. The summed E-state index contributed by atoms with van der Waals surface area (Å²) >= 11 is 1.56. The monoisotopic (exact) mass is 471 g/mol. The fourth-order valence-corrected chi connectivity index (χ4v) is 7.02. The second kappa shape index (κ2) is 9.44. The Morgan fingerprint density at radius 3 is 2.03 bits per heavy atom. The van der Waals surface area contributed by atoms with Crippen LogP contribution in [0, 0.1) is 0 Å². The maximum absolute atomic E-state index is 13.6. The largest absolute Gasteiger partial charge is 0.496 e. The number of methoxy groups -OCH3 is 3. The van der Waals surface area contributed by atoms with Crippen molar-refractivity contribution in [2.75, 3.05) is 33.6 Å². The highest BCUT2D eigenvalue weighted by molar-refractivity contribution is 8.01. The average Bonchev–Trinajstić information content (AvgIpc) is 3.34. The summed E-state index contributed by atoms with van der Waals surface area (Å²) in [5, 5.41) is -0.427. The van der Waals surface area contributed by atoms with E-state index < -0.39 is 15.4 Å². The topological polar surface area (TPSA) is 65.1 Å². The summed E-state index contributed by atoms with van der Waals surface area (Å²) in [7, 11) is 0.958. The number of thioether (sulfide) groups is 1.